The molecule has 4 aromatic rings. The van der Waals surface area contributed by atoms with E-state index in [1.807, 2.05) is 42.0 Å². The van der Waals surface area contributed by atoms with Crippen LogP contribution in [0.2, 0.25) is 0 Å². The average molecular weight is 486 g/mol. The van der Waals surface area contributed by atoms with Crippen LogP contribution in [-0.4, -0.2) is 29.7 Å². The van der Waals surface area contributed by atoms with Gasteiger partial charge in [0, 0.05) is 22.5 Å². The van der Waals surface area contributed by atoms with Gasteiger partial charge in [0.1, 0.15) is 0 Å². The number of benzene rings is 2. The standard InChI is InChI=1S/C24H27N3O4S2/c1-4-8-18(13-22(28)25-33(3,30)31)27-20-11-6-5-10-19(20)26(24(27)29)14-17-15-32-21-12-7-9-16(2)23(17)21/h5-7,9-12,15,18H,4,8,13-14H2,1-3H3,(H,25,28). The quantitative estimate of drug-likeness (QED) is 0.405. The van der Waals surface area contributed by atoms with Crippen molar-refractivity contribution in [1.29, 1.82) is 0 Å². The first-order chi connectivity index (χ1) is 15.7. The van der Waals surface area contributed by atoms with Crippen LogP contribution in [0.25, 0.3) is 21.1 Å². The Morgan fingerprint density at radius 2 is 1.85 bits per heavy atom. The summed E-state index contributed by atoms with van der Waals surface area (Å²) in [6.45, 7) is 4.47. The largest absolute Gasteiger partial charge is 0.329 e. The average Bonchev–Trinajstić information content (AvgIpc) is 3.27. The Balaban J connectivity index is 1.81. The first-order valence-corrected chi connectivity index (χ1v) is 13.6. The van der Waals surface area contributed by atoms with Crippen molar-refractivity contribution in [2.45, 2.75) is 45.7 Å². The Bertz CT molecular complexity index is 1500. The summed E-state index contributed by atoms with van der Waals surface area (Å²) >= 11 is 1.66. The molecule has 1 atom stereocenters. The van der Waals surface area contributed by atoms with E-state index < -0.39 is 22.0 Å². The fraction of sp³-hybridized carbons (Fsp3) is 0.333. The Labute approximate surface area is 196 Å². The molecule has 2 heterocycles. The van der Waals surface area contributed by atoms with E-state index in [4.69, 9.17) is 0 Å². The van der Waals surface area contributed by atoms with Gasteiger partial charge in [0.2, 0.25) is 15.9 Å². The molecule has 1 N–H and O–H groups in total. The fourth-order valence-electron chi connectivity index (χ4n) is 4.49. The van der Waals surface area contributed by atoms with Crippen LogP contribution >= 0.6 is 11.3 Å². The number of nitrogens with zero attached hydrogens (tertiary/aromatic N) is 2. The van der Waals surface area contributed by atoms with Crippen molar-refractivity contribution in [1.82, 2.24) is 13.9 Å². The lowest BCUT2D eigenvalue weighted by Crippen LogP contribution is -2.34. The number of amides is 1. The van der Waals surface area contributed by atoms with Gasteiger partial charge in [0.25, 0.3) is 0 Å². The van der Waals surface area contributed by atoms with Gasteiger partial charge in [-0.1, -0.05) is 37.6 Å². The van der Waals surface area contributed by atoms with Crippen molar-refractivity contribution in [2.24, 2.45) is 0 Å². The molecular formula is C24H27N3O4S2. The first-order valence-electron chi connectivity index (χ1n) is 10.9. The molecule has 0 bridgehead atoms. The van der Waals surface area contributed by atoms with E-state index in [1.54, 1.807) is 20.5 Å². The lowest BCUT2D eigenvalue weighted by Gasteiger charge is -2.17. The Hall–Kier alpha value is -2.91. The third kappa shape index (κ3) is 4.74. The molecule has 1 unspecified atom stereocenters. The Morgan fingerprint density at radius 1 is 1.12 bits per heavy atom. The lowest BCUT2D eigenvalue weighted by atomic mass is 10.1. The zero-order chi connectivity index (χ0) is 23.8. The van der Waals surface area contributed by atoms with Crippen molar-refractivity contribution in [3.8, 4) is 0 Å². The summed E-state index contributed by atoms with van der Waals surface area (Å²) in [5.41, 5.74) is 3.58. The summed E-state index contributed by atoms with van der Waals surface area (Å²) in [5, 5.41) is 3.27. The predicted molar refractivity (Wildman–Crippen MR) is 133 cm³/mol. The third-order valence-corrected chi connectivity index (χ3v) is 7.38. The van der Waals surface area contributed by atoms with Gasteiger partial charge in [-0.15, -0.1) is 11.3 Å². The van der Waals surface area contributed by atoms with Gasteiger partial charge in [0.15, 0.2) is 0 Å². The number of nitrogens with one attached hydrogen (secondary N) is 1. The molecule has 1 amide bonds. The highest BCUT2D eigenvalue weighted by Gasteiger charge is 2.24. The monoisotopic (exact) mass is 485 g/mol. The maximum atomic E-state index is 13.7. The van der Waals surface area contributed by atoms with Crippen LogP contribution in [0, 0.1) is 6.92 Å². The normalized spacial score (nSPS) is 12.9. The van der Waals surface area contributed by atoms with E-state index in [-0.39, 0.29) is 12.1 Å². The minimum Gasteiger partial charge on any atom is -0.288 e. The second-order valence-electron chi connectivity index (χ2n) is 8.38. The van der Waals surface area contributed by atoms with E-state index in [0.717, 1.165) is 29.3 Å². The molecule has 0 aliphatic carbocycles. The smallest absolute Gasteiger partial charge is 0.288 e. The van der Waals surface area contributed by atoms with Gasteiger partial charge in [-0.25, -0.2) is 13.2 Å². The van der Waals surface area contributed by atoms with Crippen LogP contribution in [0.4, 0.5) is 0 Å². The number of aromatic nitrogens is 2. The van der Waals surface area contributed by atoms with E-state index >= 15 is 0 Å². The van der Waals surface area contributed by atoms with Crippen LogP contribution in [0.3, 0.4) is 0 Å². The molecule has 174 valence electrons. The zero-order valence-electron chi connectivity index (χ0n) is 18.9. The number of imidazole rings is 1. The molecular weight excluding hydrogens is 458 g/mol. The van der Waals surface area contributed by atoms with Gasteiger partial charge in [0.05, 0.1) is 23.8 Å². The van der Waals surface area contributed by atoms with Gasteiger partial charge < -0.3 is 0 Å². The number of para-hydroxylation sites is 2. The highest BCUT2D eigenvalue weighted by Crippen LogP contribution is 2.30. The number of fused-ring (bicyclic) bond motifs is 2. The number of aryl methyl sites for hydroxylation is 1. The summed E-state index contributed by atoms with van der Waals surface area (Å²) in [4.78, 5) is 26.1. The molecule has 9 heteroatoms. The summed E-state index contributed by atoms with van der Waals surface area (Å²) in [5.74, 6) is -0.612. The molecule has 0 fully saturated rings. The van der Waals surface area contributed by atoms with Crippen LogP contribution < -0.4 is 10.4 Å². The van der Waals surface area contributed by atoms with Crippen molar-refractivity contribution >= 4 is 48.4 Å². The van der Waals surface area contributed by atoms with E-state index in [0.29, 0.717) is 13.0 Å². The highest BCUT2D eigenvalue weighted by molar-refractivity contribution is 7.89. The van der Waals surface area contributed by atoms with Gasteiger partial charge in [-0.05, 0) is 48.1 Å². The Kier molecular flexibility index (Phi) is 6.45. The molecule has 4 rings (SSSR count). The molecule has 33 heavy (non-hydrogen) atoms. The minimum atomic E-state index is -3.66. The van der Waals surface area contributed by atoms with Crippen LogP contribution in [0.1, 0.15) is 43.4 Å². The van der Waals surface area contributed by atoms with Crippen molar-refractivity contribution in [2.75, 3.05) is 6.26 Å². The van der Waals surface area contributed by atoms with Crippen molar-refractivity contribution in [3.05, 3.63) is 69.5 Å². The second-order valence-corrected chi connectivity index (χ2v) is 11.0. The van der Waals surface area contributed by atoms with Gasteiger partial charge in [-0.2, -0.15) is 0 Å². The third-order valence-electron chi connectivity index (χ3n) is 5.79. The molecule has 0 saturated carbocycles. The molecule has 0 radical (unpaired) electrons. The SMILES string of the molecule is CCCC(CC(=O)NS(C)(=O)=O)n1c(=O)n(Cc2csc3cccc(C)c23)c2ccccc21. The maximum Gasteiger partial charge on any atom is 0.329 e. The number of thiophene rings is 1. The molecule has 0 spiro atoms. The molecule has 0 aliphatic rings. The molecule has 0 aliphatic heterocycles. The molecule has 7 nitrogen and oxygen atoms in total. The van der Waals surface area contributed by atoms with Crippen molar-refractivity contribution in [3.63, 3.8) is 0 Å². The number of carbonyl (C=O) groups excluding carboxylic acids is 1. The molecule has 2 aromatic carbocycles. The fourth-order valence-corrected chi connectivity index (χ4v) is 6.01. The van der Waals surface area contributed by atoms with Crippen LogP contribution in [0.5, 0.6) is 0 Å². The summed E-state index contributed by atoms with van der Waals surface area (Å²) in [7, 11) is -3.66. The number of sulfonamides is 1. The van der Waals surface area contributed by atoms with Crippen molar-refractivity contribution < 1.29 is 13.2 Å². The topological polar surface area (TPSA) is 90.2 Å². The van der Waals surface area contributed by atoms with Crippen LogP contribution in [-0.2, 0) is 21.4 Å². The van der Waals surface area contributed by atoms with E-state index in [1.165, 1.54) is 15.6 Å². The van der Waals surface area contributed by atoms with E-state index in [2.05, 4.69) is 24.4 Å². The number of hydrogen-bond donors (Lipinski definition) is 1. The summed E-state index contributed by atoms with van der Waals surface area (Å²) in [6.07, 6.45) is 2.18. The number of rotatable bonds is 8. The number of hydrogen-bond acceptors (Lipinski definition) is 5. The minimum absolute atomic E-state index is 0.0880. The van der Waals surface area contributed by atoms with E-state index in [9.17, 15) is 18.0 Å². The predicted octanol–water partition coefficient (Wildman–Crippen LogP) is 4.18. The summed E-state index contributed by atoms with van der Waals surface area (Å²) < 4.78 is 29.6. The van der Waals surface area contributed by atoms with Crippen LogP contribution in [0.15, 0.2) is 52.6 Å². The van der Waals surface area contributed by atoms with Gasteiger partial charge >= 0.3 is 5.69 Å². The highest BCUT2D eigenvalue weighted by atomic mass is 32.2. The molecule has 0 saturated heterocycles. The second kappa shape index (κ2) is 9.15. The van der Waals surface area contributed by atoms with Gasteiger partial charge in [-0.3, -0.25) is 18.7 Å². The first kappa shape index (κ1) is 23.3. The summed E-state index contributed by atoms with van der Waals surface area (Å²) in [6, 6.07) is 13.3. The number of carbonyl (C=O) groups is 1. The maximum absolute atomic E-state index is 13.7. The zero-order valence-corrected chi connectivity index (χ0v) is 20.5. The molecule has 2 aromatic heterocycles. The Morgan fingerprint density at radius 3 is 2.55 bits per heavy atom. The lowest BCUT2D eigenvalue weighted by molar-refractivity contribution is -0.120.